The van der Waals surface area contributed by atoms with Gasteiger partial charge in [-0.1, -0.05) is 65.3 Å². The normalized spacial score (nSPS) is 15.0. The van der Waals surface area contributed by atoms with Gasteiger partial charge in [0.25, 0.3) is 11.8 Å². The number of nitrogens with one attached hydrogen (secondary N) is 1. The maximum atomic E-state index is 13.0. The highest BCUT2D eigenvalue weighted by Gasteiger charge is 2.34. The fraction of sp³-hybridized carbons (Fsp3) is 0.0417. The molecule has 5 rings (SSSR count). The van der Waals surface area contributed by atoms with Gasteiger partial charge in [0.15, 0.2) is 4.32 Å². The Morgan fingerprint density at radius 2 is 1.82 bits per heavy atom. The molecule has 10 heteroatoms. The Hall–Kier alpha value is -2.62. The molecule has 170 valence electrons. The lowest BCUT2D eigenvalue weighted by Gasteiger charge is -2.14. The van der Waals surface area contributed by atoms with Crippen molar-refractivity contribution in [2.45, 2.75) is 6.54 Å². The third-order valence-electron chi connectivity index (χ3n) is 5.25. The average Bonchev–Trinajstić information content (AvgIpc) is 3.53. The minimum absolute atomic E-state index is 0.271. The molecule has 0 aliphatic carbocycles. The topological polar surface area (TPSA) is 54.3 Å². The number of aromatic nitrogens is 1. The number of hydrogen-bond donors (Lipinski definition) is 1. The number of halogens is 2. The lowest BCUT2D eigenvalue weighted by molar-refractivity contribution is -0.123. The predicted octanol–water partition coefficient (Wildman–Crippen LogP) is 6.60. The molecule has 1 fully saturated rings. The number of fused-ring (bicyclic) bond motifs is 1. The number of benzene rings is 2. The van der Waals surface area contributed by atoms with Gasteiger partial charge in [0, 0.05) is 38.3 Å². The summed E-state index contributed by atoms with van der Waals surface area (Å²) in [6, 6.07) is 16.8. The minimum atomic E-state index is -0.374. The van der Waals surface area contributed by atoms with E-state index in [1.807, 2.05) is 53.2 Å². The number of hydrogen-bond acceptors (Lipinski definition) is 5. The van der Waals surface area contributed by atoms with Crippen molar-refractivity contribution in [2.75, 3.05) is 0 Å². The van der Waals surface area contributed by atoms with Crippen molar-refractivity contribution in [3.63, 3.8) is 0 Å². The molecular weight excluding hydrogens is 529 g/mol. The van der Waals surface area contributed by atoms with Crippen LogP contribution in [0.5, 0.6) is 0 Å². The van der Waals surface area contributed by atoms with E-state index in [1.54, 1.807) is 23.6 Å². The fourth-order valence-corrected chi connectivity index (χ4v) is 5.95. The molecule has 0 saturated carbocycles. The molecule has 4 aromatic rings. The predicted molar refractivity (Wildman–Crippen MR) is 144 cm³/mol. The van der Waals surface area contributed by atoms with Crippen molar-refractivity contribution in [3.05, 3.63) is 97.1 Å². The zero-order valence-electron chi connectivity index (χ0n) is 17.3. The molecule has 0 spiro atoms. The first-order valence-electron chi connectivity index (χ1n) is 10.1. The fourth-order valence-electron chi connectivity index (χ4n) is 3.64. The molecule has 0 atom stereocenters. The van der Waals surface area contributed by atoms with E-state index in [-0.39, 0.29) is 16.1 Å². The van der Waals surface area contributed by atoms with Gasteiger partial charge in [-0.15, -0.1) is 11.3 Å². The molecule has 5 nitrogen and oxygen atoms in total. The van der Waals surface area contributed by atoms with E-state index < -0.39 is 0 Å². The molecule has 3 heterocycles. The van der Waals surface area contributed by atoms with Crippen molar-refractivity contribution in [1.82, 2.24) is 15.0 Å². The first-order valence-corrected chi connectivity index (χ1v) is 12.9. The van der Waals surface area contributed by atoms with Gasteiger partial charge in [-0.25, -0.2) is 0 Å². The van der Waals surface area contributed by atoms with E-state index in [2.05, 4.69) is 5.43 Å². The quantitative estimate of drug-likeness (QED) is 0.227. The average molecular weight is 545 g/mol. The van der Waals surface area contributed by atoms with E-state index >= 15 is 0 Å². The maximum Gasteiger partial charge on any atom is 0.285 e. The number of carbonyl (C=O) groups excluding carboxylic acids is 2. The molecule has 1 aliphatic rings. The number of carbonyl (C=O) groups is 2. The first kappa shape index (κ1) is 23.1. The van der Waals surface area contributed by atoms with Gasteiger partial charge in [0.1, 0.15) is 0 Å². The molecule has 0 unspecified atom stereocenters. The van der Waals surface area contributed by atoms with E-state index in [4.69, 9.17) is 35.4 Å². The zero-order valence-corrected chi connectivity index (χ0v) is 21.3. The second-order valence-corrected chi connectivity index (χ2v) is 10.8. The Morgan fingerprint density at radius 3 is 2.56 bits per heavy atom. The van der Waals surface area contributed by atoms with E-state index in [0.29, 0.717) is 26.4 Å². The number of amides is 2. The van der Waals surface area contributed by atoms with Crippen LogP contribution >= 0.6 is 58.5 Å². The molecule has 2 amide bonds. The molecule has 1 aliphatic heterocycles. The summed E-state index contributed by atoms with van der Waals surface area (Å²) in [7, 11) is 0. The lowest BCUT2D eigenvalue weighted by atomic mass is 10.1. The molecule has 0 bridgehead atoms. The molecular formula is C24H15Cl2N3O2S3. The van der Waals surface area contributed by atoms with Crippen LogP contribution < -0.4 is 5.43 Å². The summed E-state index contributed by atoms with van der Waals surface area (Å²) >= 11 is 20.6. The van der Waals surface area contributed by atoms with Crippen molar-refractivity contribution in [3.8, 4) is 0 Å². The highest BCUT2D eigenvalue weighted by Crippen LogP contribution is 2.34. The van der Waals surface area contributed by atoms with Crippen LogP contribution in [0.25, 0.3) is 17.0 Å². The molecule has 1 N–H and O–H groups in total. The van der Waals surface area contributed by atoms with E-state index in [1.165, 1.54) is 11.3 Å². The standard InChI is InChI=1S/C24H15Cl2N3O2S3/c25-17-6-3-7-18(26)16(17)13-28-12-14(15-5-1-2-8-19(15)28)11-21-23(31)29(24(32)34-21)27-22(30)20-9-4-10-33-20/h1-12H,13H2,(H,27,30)/b21-11-. The molecule has 34 heavy (non-hydrogen) atoms. The smallest absolute Gasteiger partial charge is 0.285 e. The minimum Gasteiger partial charge on any atom is -0.342 e. The summed E-state index contributed by atoms with van der Waals surface area (Å²) in [4.78, 5) is 26.4. The lowest BCUT2D eigenvalue weighted by Crippen LogP contribution is -2.44. The third kappa shape index (κ3) is 4.39. The summed E-state index contributed by atoms with van der Waals surface area (Å²) in [6.07, 6.45) is 3.75. The van der Waals surface area contributed by atoms with Crippen molar-refractivity contribution in [1.29, 1.82) is 0 Å². The maximum absolute atomic E-state index is 13.0. The Bertz CT molecular complexity index is 1460. The van der Waals surface area contributed by atoms with Crippen LogP contribution in [0.3, 0.4) is 0 Å². The van der Waals surface area contributed by atoms with Gasteiger partial charge >= 0.3 is 0 Å². The van der Waals surface area contributed by atoms with Crippen LogP contribution in [-0.4, -0.2) is 25.7 Å². The summed E-state index contributed by atoms with van der Waals surface area (Å²) in [5.74, 6) is -0.744. The second-order valence-electron chi connectivity index (χ2n) is 7.37. The number of thiocarbonyl (C=S) groups is 1. The van der Waals surface area contributed by atoms with Crippen molar-refractivity contribution in [2.24, 2.45) is 0 Å². The third-order valence-corrected chi connectivity index (χ3v) is 8.13. The van der Waals surface area contributed by atoms with Crippen molar-refractivity contribution < 1.29 is 9.59 Å². The molecule has 2 aromatic carbocycles. The highest BCUT2D eigenvalue weighted by molar-refractivity contribution is 8.26. The SMILES string of the molecule is O=C(NN1C(=O)/C(=C/c2cn(Cc3c(Cl)cccc3Cl)c3ccccc23)SC1=S)c1cccs1. The monoisotopic (exact) mass is 543 g/mol. The number of rotatable bonds is 5. The number of para-hydroxylation sites is 1. The van der Waals surface area contributed by atoms with Crippen LogP contribution in [0.1, 0.15) is 20.8 Å². The van der Waals surface area contributed by atoms with Crippen LogP contribution in [-0.2, 0) is 11.3 Å². The van der Waals surface area contributed by atoms with Crippen LogP contribution in [0.15, 0.2) is 71.1 Å². The summed E-state index contributed by atoms with van der Waals surface area (Å²) in [6.45, 7) is 0.477. The van der Waals surface area contributed by atoms with Gasteiger partial charge in [-0.3, -0.25) is 15.0 Å². The van der Waals surface area contributed by atoms with Gasteiger partial charge in [0.2, 0.25) is 0 Å². The summed E-state index contributed by atoms with van der Waals surface area (Å²) in [5, 5.41) is 5.07. The van der Waals surface area contributed by atoms with E-state index in [0.717, 1.165) is 38.8 Å². The Labute approximate surface area is 218 Å². The number of thioether (sulfide) groups is 1. The van der Waals surface area contributed by atoms with Crippen molar-refractivity contribution >= 4 is 91.6 Å². The van der Waals surface area contributed by atoms with Gasteiger partial charge in [-0.2, -0.15) is 5.01 Å². The summed E-state index contributed by atoms with van der Waals surface area (Å²) in [5.41, 5.74) is 5.25. The Kier molecular flexibility index (Phi) is 6.50. The number of thiophene rings is 1. The Balaban J connectivity index is 1.47. The first-order chi connectivity index (χ1) is 16.4. The van der Waals surface area contributed by atoms with Gasteiger partial charge in [-0.05, 0) is 47.9 Å². The number of nitrogens with zero attached hydrogens (tertiary/aromatic N) is 2. The van der Waals surface area contributed by atoms with E-state index in [9.17, 15) is 9.59 Å². The highest BCUT2D eigenvalue weighted by atomic mass is 35.5. The second kappa shape index (κ2) is 9.56. The number of hydrazine groups is 1. The molecule has 0 radical (unpaired) electrons. The Morgan fingerprint density at radius 1 is 1.06 bits per heavy atom. The molecule has 2 aromatic heterocycles. The van der Waals surface area contributed by atoms with Gasteiger partial charge < -0.3 is 4.57 Å². The largest absolute Gasteiger partial charge is 0.342 e. The summed E-state index contributed by atoms with van der Waals surface area (Å²) < 4.78 is 2.32. The molecule has 1 saturated heterocycles. The van der Waals surface area contributed by atoms with Gasteiger partial charge in [0.05, 0.1) is 16.3 Å². The van der Waals surface area contributed by atoms with Crippen LogP contribution in [0.2, 0.25) is 10.0 Å². The van der Waals surface area contributed by atoms with Crippen LogP contribution in [0, 0.1) is 0 Å². The van der Waals surface area contributed by atoms with Crippen LogP contribution in [0.4, 0.5) is 0 Å². The zero-order chi connectivity index (χ0) is 23.8.